The van der Waals surface area contributed by atoms with Crippen LogP contribution in [0.4, 0.5) is 0 Å². The van der Waals surface area contributed by atoms with E-state index in [0.717, 1.165) is 11.1 Å². The average Bonchev–Trinajstić information content (AvgIpc) is 2.68. The van der Waals surface area contributed by atoms with Gasteiger partial charge in [0.2, 0.25) is 0 Å². The van der Waals surface area contributed by atoms with Gasteiger partial charge in [-0.1, -0.05) is 69.3 Å². The molecule has 0 fully saturated rings. The van der Waals surface area contributed by atoms with Gasteiger partial charge in [0.05, 0.1) is 5.41 Å². The first-order valence-electron chi connectivity index (χ1n) is 10.5. The van der Waals surface area contributed by atoms with Crippen molar-refractivity contribution in [3.63, 3.8) is 0 Å². The van der Waals surface area contributed by atoms with Gasteiger partial charge in [-0.25, -0.2) is 0 Å². The van der Waals surface area contributed by atoms with Crippen LogP contribution in [0.25, 0.3) is 6.08 Å². The average molecular weight is 426 g/mol. The van der Waals surface area contributed by atoms with Crippen LogP contribution in [-0.4, -0.2) is 30.5 Å². The maximum absolute atomic E-state index is 12.3. The zero-order valence-electron chi connectivity index (χ0n) is 19.1. The summed E-state index contributed by atoms with van der Waals surface area (Å²) >= 11 is 0. The summed E-state index contributed by atoms with van der Waals surface area (Å²) in [4.78, 5) is 16.5. The minimum Gasteiger partial charge on any atom is -0.481 e. The molecule has 0 saturated heterocycles. The lowest BCUT2D eigenvalue weighted by atomic mass is 9.77. The number of carboxylic acid groups (broad SMARTS) is 1. The van der Waals surface area contributed by atoms with Gasteiger partial charge >= 0.3 is 5.97 Å². The fourth-order valence-corrected chi connectivity index (χ4v) is 4.55. The number of hydrogen-bond donors (Lipinski definition) is 1. The highest BCUT2D eigenvalue weighted by molar-refractivity contribution is 6.74. The van der Waals surface area contributed by atoms with Crippen molar-refractivity contribution in [3.8, 4) is 0 Å². The number of rotatable bonds is 9. The van der Waals surface area contributed by atoms with Crippen LogP contribution in [0.3, 0.4) is 0 Å². The topological polar surface area (TPSA) is 59.4 Å². The van der Waals surface area contributed by atoms with Crippen LogP contribution >= 0.6 is 0 Å². The summed E-state index contributed by atoms with van der Waals surface area (Å²) in [6, 6.07) is 13.4. The molecule has 1 aromatic heterocycles. The first-order valence-corrected chi connectivity index (χ1v) is 13.4. The quantitative estimate of drug-likeness (QED) is 0.478. The van der Waals surface area contributed by atoms with E-state index in [1.165, 1.54) is 0 Å². The molecule has 0 spiro atoms. The predicted molar refractivity (Wildman–Crippen MR) is 126 cm³/mol. The van der Waals surface area contributed by atoms with Gasteiger partial charge in [0.1, 0.15) is 0 Å². The fraction of sp³-hybridized carbons (Fsp3) is 0.440. The molecule has 2 unspecified atom stereocenters. The van der Waals surface area contributed by atoms with Crippen LogP contribution in [-0.2, 0) is 14.6 Å². The Balaban J connectivity index is 2.31. The third-order valence-electron chi connectivity index (χ3n) is 6.18. The van der Waals surface area contributed by atoms with Gasteiger partial charge in [0, 0.05) is 18.5 Å². The maximum Gasteiger partial charge on any atom is 0.313 e. The van der Waals surface area contributed by atoms with E-state index in [2.05, 4.69) is 44.9 Å². The van der Waals surface area contributed by atoms with E-state index in [-0.39, 0.29) is 11.1 Å². The van der Waals surface area contributed by atoms with Crippen LogP contribution in [0.1, 0.15) is 51.7 Å². The summed E-state index contributed by atoms with van der Waals surface area (Å²) in [6.45, 7) is 12.8. The standard InChI is InChI=1S/C25H35NO3Si/c1-24(2,3)30(5,6)29-22(16-10-12-20-13-11-17-26-19-20)18-25(4,23(27)28)21-14-8-7-9-15-21/h7-15,17,19,22H,16,18H2,1-6H3,(H,27,28). The summed E-state index contributed by atoms with van der Waals surface area (Å²) in [7, 11) is -2.07. The molecule has 2 rings (SSSR count). The predicted octanol–water partition coefficient (Wildman–Crippen LogP) is 6.31. The second kappa shape index (κ2) is 9.71. The first-order chi connectivity index (χ1) is 14.0. The number of benzene rings is 1. The van der Waals surface area contributed by atoms with Crippen molar-refractivity contribution in [2.45, 2.75) is 70.2 Å². The number of aliphatic carboxylic acids is 1. The second-order valence-electron chi connectivity index (χ2n) is 9.63. The lowest BCUT2D eigenvalue weighted by Gasteiger charge is -2.41. The molecular weight excluding hydrogens is 390 g/mol. The lowest BCUT2D eigenvalue weighted by molar-refractivity contribution is -0.144. The first kappa shape index (κ1) is 24.0. The molecule has 2 atom stereocenters. The Morgan fingerprint density at radius 1 is 1.13 bits per heavy atom. The summed E-state index contributed by atoms with van der Waals surface area (Å²) in [6.07, 6.45) is 8.52. The van der Waals surface area contributed by atoms with E-state index in [1.54, 1.807) is 13.1 Å². The molecule has 4 nitrogen and oxygen atoms in total. The Hall–Kier alpha value is -2.24. The summed E-state index contributed by atoms with van der Waals surface area (Å²) in [5.41, 5.74) is 0.807. The van der Waals surface area contributed by atoms with Gasteiger partial charge in [-0.3, -0.25) is 9.78 Å². The lowest BCUT2D eigenvalue weighted by Crippen LogP contribution is -2.46. The van der Waals surface area contributed by atoms with Gasteiger partial charge in [0.15, 0.2) is 8.32 Å². The third kappa shape index (κ3) is 6.13. The molecule has 0 aliphatic rings. The summed E-state index contributed by atoms with van der Waals surface area (Å²) in [5.74, 6) is -0.825. The van der Waals surface area contributed by atoms with Crippen LogP contribution in [0, 0.1) is 0 Å². The fourth-order valence-electron chi connectivity index (χ4n) is 3.19. The molecule has 0 radical (unpaired) electrons. The van der Waals surface area contributed by atoms with E-state index < -0.39 is 19.7 Å². The van der Waals surface area contributed by atoms with E-state index in [0.29, 0.717) is 12.8 Å². The van der Waals surface area contributed by atoms with E-state index in [9.17, 15) is 9.90 Å². The van der Waals surface area contributed by atoms with Crippen molar-refractivity contribution in [2.75, 3.05) is 0 Å². The number of carbonyl (C=O) groups is 1. The van der Waals surface area contributed by atoms with E-state index in [1.807, 2.05) is 54.7 Å². The number of hydrogen-bond acceptors (Lipinski definition) is 3. The SMILES string of the molecule is CC(CC(CC=Cc1cccnc1)O[Si](C)(C)C(C)(C)C)(C(=O)O)c1ccccc1. The Bertz CT molecular complexity index is 844. The Morgan fingerprint density at radius 3 is 2.33 bits per heavy atom. The van der Waals surface area contributed by atoms with E-state index in [4.69, 9.17) is 4.43 Å². The van der Waals surface area contributed by atoms with Gasteiger partial charge in [-0.15, -0.1) is 0 Å². The van der Waals surface area contributed by atoms with Crippen molar-refractivity contribution >= 4 is 20.4 Å². The molecule has 0 amide bonds. The molecule has 0 bridgehead atoms. The van der Waals surface area contributed by atoms with Crippen molar-refractivity contribution in [1.29, 1.82) is 0 Å². The summed E-state index contributed by atoms with van der Waals surface area (Å²) in [5, 5.41) is 10.2. The number of nitrogens with zero attached hydrogens (tertiary/aromatic N) is 1. The van der Waals surface area contributed by atoms with Crippen LogP contribution in [0.2, 0.25) is 18.1 Å². The molecule has 1 aromatic carbocycles. The highest BCUT2D eigenvalue weighted by Gasteiger charge is 2.43. The highest BCUT2D eigenvalue weighted by atomic mass is 28.4. The van der Waals surface area contributed by atoms with Crippen molar-refractivity contribution < 1.29 is 14.3 Å². The van der Waals surface area contributed by atoms with Gasteiger partial charge < -0.3 is 9.53 Å². The van der Waals surface area contributed by atoms with Gasteiger partial charge in [0.25, 0.3) is 0 Å². The molecule has 1 heterocycles. The minimum absolute atomic E-state index is 0.0463. The molecular formula is C25H35NO3Si. The molecule has 0 saturated carbocycles. The normalized spacial score (nSPS) is 15.7. The van der Waals surface area contributed by atoms with Crippen LogP contribution < -0.4 is 0 Å². The molecule has 5 heteroatoms. The maximum atomic E-state index is 12.3. The minimum atomic E-state index is -2.07. The Morgan fingerprint density at radius 2 is 1.80 bits per heavy atom. The zero-order chi connectivity index (χ0) is 22.4. The molecule has 0 aliphatic heterocycles. The van der Waals surface area contributed by atoms with Gasteiger partial charge in [-0.2, -0.15) is 0 Å². The van der Waals surface area contributed by atoms with Crippen LogP contribution in [0.15, 0.2) is 60.9 Å². The van der Waals surface area contributed by atoms with Crippen molar-refractivity contribution in [3.05, 3.63) is 72.1 Å². The molecule has 0 aliphatic carbocycles. The largest absolute Gasteiger partial charge is 0.481 e. The molecule has 162 valence electrons. The van der Waals surface area contributed by atoms with Crippen molar-refractivity contribution in [1.82, 2.24) is 4.98 Å². The van der Waals surface area contributed by atoms with Crippen molar-refractivity contribution in [2.24, 2.45) is 0 Å². The smallest absolute Gasteiger partial charge is 0.313 e. The number of carboxylic acids is 1. The molecule has 2 aromatic rings. The van der Waals surface area contributed by atoms with Gasteiger partial charge in [-0.05, 0) is 55.1 Å². The summed E-state index contributed by atoms with van der Waals surface area (Å²) < 4.78 is 6.72. The number of aromatic nitrogens is 1. The second-order valence-corrected chi connectivity index (χ2v) is 14.4. The van der Waals surface area contributed by atoms with Crippen LogP contribution in [0.5, 0.6) is 0 Å². The number of pyridine rings is 1. The molecule has 30 heavy (non-hydrogen) atoms. The zero-order valence-corrected chi connectivity index (χ0v) is 20.1. The third-order valence-corrected chi connectivity index (χ3v) is 10.7. The Kier molecular flexibility index (Phi) is 7.78. The Labute approximate surface area is 182 Å². The molecule has 1 N–H and O–H groups in total. The van der Waals surface area contributed by atoms with E-state index >= 15 is 0 Å². The monoisotopic (exact) mass is 425 g/mol. The highest BCUT2D eigenvalue weighted by Crippen LogP contribution is 2.40.